The second-order valence-electron chi connectivity index (χ2n) is 6.36. The summed E-state index contributed by atoms with van der Waals surface area (Å²) in [5.41, 5.74) is 1.23. The van der Waals surface area contributed by atoms with Gasteiger partial charge in [-0.05, 0) is 23.8 Å². The maximum atomic E-state index is 12.7. The highest BCUT2D eigenvalue weighted by atomic mass is 79.9. The molecule has 1 aliphatic heterocycles. The van der Waals surface area contributed by atoms with E-state index in [2.05, 4.69) is 37.7 Å². The molecule has 1 N–H and O–H groups in total. The summed E-state index contributed by atoms with van der Waals surface area (Å²) in [6.45, 7) is 3.13. The highest BCUT2D eigenvalue weighted by molar-refractivity contribution is 9.10. The first kappa shape index (κ1) is 20.3. The van der Waals surface area contributed by atoms with E-state index in [0.717, 1.165) is 13.1 Å². The summed E-state index contributed by atoms with van der Waals surface area (Å²) in [7, 11) is -2.25. The summed E-state index contributed by atoms with van der Waals surface area (Å²) in [5.74, 6) is 0.306. The van der Waals surface area contributed by atoms with Crippen molar-refractivity contribution in [1.82, 2.24) is 9.62 Å². The van der Waals surface area contributed by atoms with E-state index in [9.17, 15) is 8.42 Å². The van der Waals surface area contributed by atoms with Crippen LogP contribution in [0.5, 0.6) is 5.75 Å². The van der Waals surface area contributed by atoms with Crippen LogP contribution in [-0.2, 0) is 21.3 Å². The number of methoxy groups -OCH3 is 1. The molecule has 0 bridgehead atoms. The Morgan fingerprint density at radius 3 is 2.78 bits per heavy atom. The monoisotopic (exact) mass is 454 g/mol. The lowest BCUT2D eigenvalue weighted by Gasteiger charge is -2.33. The van der Waals surface area contributed by atoms with Crippen LogP contribution in [0.1, 0.15) is 5.56 Å². The van der Waals surface area contributed by atoms with E-state index in [0.29, 0.717) is 23.4 Å². The molecule has 8 heteroatoms. The summed E-state index contributed by atoms with van der Waals surface area (Å²) in [4.78, 5) is 2.38. The van der Waals surface area contributed by atoms with Crippen LogP contribution < -0.4 is 9.46 Å². The number of hydrogen-bond donors (Lipinski definition) is 1. The van der Waals surface area contributed by atoms with Gasteiger partial charge >= 0.3 is 0 Å². The predicted molar refractivity (Wildman–Crippen MR) is 107 cm³/mol. The zero-order chi connectivity index (χ0) is 19.3. The number of nitrogens with zero attached hydrogens (tertiary/aromatic N) is 1. The molecule has 0 saturated carbocycles. The Kier molecular flexibility index (Phi) is 6.88. The molecule has 1 unspecified atom stereocenters. The average Bonchev–Trinajstić information content (AvgIpc) is 2.67. The number of rotatable bonds is 7. The van der Waals surface area contributed by atoms with Gasteiger partial charge in [-0.1, -0.05) is 46.3 Å². The van der Waals surface area contributed by atoms with Crippen molar-refractivity contribution in [3.05, 3.63) is 58.6 Å². The Morgan fingerprint density at radius 1 is 1.26 bits per heavy atom. The van der Waals surface area contributed by atoms with Crippen LogP contribution in [0.4, 0.5) is 0 Å². The second kappa shape index (κ2) is 9.16. The first-order valence-electron chi connectivity index (χ1n) is 8.69. The molecule has 0 aromatic heterocycles. The van der Waals surface area contributed by atoms with Gasteiger partial charge in [-0.3, -0.25) is 4.90 Å². The highest BCUT2D eigenvalue weighted by Crippen LogP contribution is 2.27. The van der Waals surface area contributed by atoms with Crippen LogP contribution in [-0.4, -0.2) is 52.8 Å². The van der Waals surface area contributed by atoms with E-state index < -0.39 is 10.0 Å². The van der Waals surface area contributed by atoms with Crippen molar-refractivity contribution in [3.63, 3.8) is 0 Å². The Morgan fingerprint density at radius 2 is 2.04 bits per heavy atom. The summed E-state index contributed by atoms with van der Waals surface area (Å²) in [5, 5.41) is 0. The van der Waals surface area contributed by atoms with Gasteiger partial charge in [0.25, 0.3) is 0 Å². The minimum absolute atomic E-state index is 0.108. The van der Waals surface area contributed by atoms with Crippen molar-refractivity contribution in [3.8, 4) is 5.75 Å². The summed E-state index contributed by atoms with van der Waals surface area (Å²) in [6, 6.07) is 15.1. The molecule has 0 aliphatic carbocycles. The fraction of sp³-hybridized carbons (Fsp3) is 0.368. The molecule has 0 spiro atoms. The Hall–Kier alpha value is -1.45. The molecular weight excluding hydrogens is 432 g/mol. The molecule has 2 aromatic rings. The van der Waals surface area contributed by atoms with Crippen LogP contribution in [0, 0.1) is 0 Å². The van der Waals surface area contributed by atoms with Crippen molar-refractivity contribution in [2.75, 3.05) is 33.4 Å². The third-order valence-electron chi connectivity index (χ3n) is 4.39. The topological polar surface area (TPSA) is 67.9 Å². The SMILES string of the molecule is COc1ccc(Br)cc1S(=O)(=O)NCC1CN(Cc2ccccc2)CCO1. The van der Waals surface area contributed by atoms with E-state index in [1.165, 1.54) is 18.7 Å². The van der Waals surface area contributed by atoms with Crippen molar-refractivity contribution in [2.24, 2.45) is 0 Å². The molecule has 1 heterocycles. The van der Waals surface area contributed by atoms with Gasteiger partial charge in [0.15, 0.2) is 0 Å². The van der Waals surface area contributed by atoms with Gasteiger partial charge in [0.2, 0.25) is 10.0 Å². The minimum Gasteiger partial charge on any atom is -0.495 e. The van der Waals surface area contributed by atoms with E-state index in [1.807, 2.05) is 18.2 Å². The third-order valence-corrected chi connectivity index (χ3v) is 6.33. The number of halogens is 1. The van der Waals surface area contributed by atoms with Crippen LogP contribution in [0.25, 0.3) is 0 Å². The number of sulfonamides is 1. The predicted octanol–water partition coefficient (Wildman–Crippen LogP) is 2.64. The van der Waals surface area contributed by atoms with E-state index in [-0.39, 0.29) is 17.5 Å². The van der Waals surface area contributed by atoms with Crippen LogP contribution >= 0.6 is 15.9 Å². The maximum Gasteiger partial charge on any atom is 0.244 e. The fourth-order valence-electron chi connectivity index (χ4n) is 3.03. The van der Waals surface area contributed by atoms with Crippen molar-refractivity contribution < 1.29 is 17.9 Å². The highest BCUT2D eigenvalue weighted by Gasteiger charge is 2.25. The van der Waals surface area contributed by atoms with Crippen molar-refractivity contribution in [1.29, 1.82) is 0 Å². The molecule has 3 rings (SSSR count). The van der Waals surface area contributed by atoms with Gasteiger partial charge in [0.05, 0.1) is 19.8 Å². The molecule has 0 amide bonds. The zero-order valence-electron chi connectivity index (χ0n) is 15.1. The van der Waals surface area contributed by atoms with Gasteiger partial charge in [-0.25, -0.2) is 13.1 Å². The smallest absolute Gasteiger partial charge is 0.244 e. The normalized spacial score (nSPS) is 18.4. The third kappa shape index (κ3) is 5.52. The molecule has 2 aromatic carbocycles. The summed E-state index contributed by atoms with van der Waals surface area (Å²) >= 11 is 3.31. The average molecular weight is 455 g/mol. The van der Waals surface area contributed by atoms with Gasteiger partial charge in [0, 0.05) is 30.7 Å². The fourth-order valence-corrected chi connectivity index (χ4v) is 4.80. The second-order valence-corrected chi connectivity index (χ2v) is 9.01. The molecule has 146 valence electrons. The Balaban J connectivity index is 1.61. The molecular formula is C19H23BrN2O4S. The quantitative estimate of drug-likeness (QED) is 0.696. The lowest BCUT2D eigenvalue weighted by molar-refractivity contribution is -0.0276. The summed E-state index contributed by atoms with van der Waals surface area (Å²) in [6.07, 6.45) is -0.199. The Labute approximate surface area is 168 Å². The summed E-state index contributed by atoms with van der Waals surface area (Å²) < 4.78 is 39.7. The van der Waals surface area contributed by atoms with Gasteiger partial charge < -0.3 is 9.47 Å². The molecule has 27 heavy (non-hydrogen) atoms. The first-order valence-corrected chi connectivity index (χ1v) is 11.0. The molecule has 1 atom stereocenters. The lowest BCUT2D eigenvalue weighted by atomic mass is 10.2. The van der Waals surface area contributed by atoms with Gasteiger partial charge in [0.1, 0.15) is 10.6 Å². The molecule has 1 aliphatic rings. The van der Waals surface area contributed by atoms with E-state index in [4.69, 9.17) is 9.47 Å². The number of hydrogen-bond acceptors (Lipinski definition) is 5. The first-order chi connectivity index (χ1) is 13.0. The molecule has 0 radical (unpaired) electrons. The number of nitrogens with one attached hydrogen (secondary N) is 1. The maximum absolute atomic E-state index is 12.7. The van der Waals surface area contributed by atoms with Crippen LogP contribution in [0.15, 0.2) is 57.9 Å². The lowest BCUT2D eigenvalue weighted by Crippen LogP contribution is -2.47. The molecule has 1 saturated heterocycles. The molecule has 1 fully saturated rings. The van der Waals surface area contributed by atoms with E-state index in [1.54, 1.807) is 12.1 Å². The number of benzene rings is 2. The van der Waals surface area contributed by atoms with Gasteiger partial charge in [-0.2, -0.15) is 0 Å². The van der Waals surface area contributed by atoms with Crippen LogP contribution in [0.2, 0.25) is 0 Å². The zero-order valence-corrected chi connectivity index (χ0v) is 17.5. The number of ether oxygens (including phenoxy) is 2. The molecule has 6 nitrogen and oxygen atoms in total. The Bertz CT molecular complexity index is 861. The number of morpholine rings is 1. The largest absolute Gasteiger partial charge is 0.495 e. The van der Waals surface area contributed by atoms with Gasteiger partial charge in [-0.15, -0.1) is 0 Å². The van der Waals surface area contributed by atoms with Crippen molar-refractivity contribution >= 4 is 26.0 Å². The minimum atomic E-state index is -3.70. The standard InChI is InChI=1S/C19H23BrN2O4S/c1-25-18-8-7-16(20)11-19(18)27(23,24)21-12-17-14-22(9-10-26-17)13-15-5-3-2-4-6-15/h2-8,11,17,21H,9-10,12-14H2,1H3. The van der Waals surface area contributed by atoms with Crippen LogP contribution in [0.3, 0.4) is 0 Å². The van der Waals surface area contributed by atoms with E-state index >= 15 is 0 Å². The van der Waals surface area contributed by atoms with Crippen molar-refractivity contribution in [2.45, 2.75) is 17.5 Å².